The first-order valence-electron chi connectivity index (χ1n) is 5.70. The van der Waals surface area contributed by atoms with Crippen molar-refractivity contribution in [2.24, 2.45) is 0 Å². The Balaban J connectivity index is 4.57. The molecule has 1 atom stereocenters. The highest BCUT2D eigenvalue weighted by Gasteiger charge is 2.56. The predicted molar refractivity (Wildman–Crippen MR) is 73.1 cm³/mol. The first-order chi connectivity index (χ1) is 7.15. The SMILES string of the molecule is CC(C)OB(OC(C)C)[P+](C)(Cl)OC(C)C. The molecular weight excluding hydrogens is 245 g/mol. The van der Waals surface area contributed by atoms with E-state index in [9.17, 15) is 0 Å². The van der Waals surface area contributed by atoms with Crippen LogP contribution in [-0.2, 0) is 13.8 Å². The van der Waals surface area contributed by atoms with Crippen molar-refractivity contribution in [3.8, 4) is 0 Å². The van der Waals surface area contributed by atoms with Gasteiger partial charge in [-0.25, -0.2) is 4.52 Å². The van der Waals surface area contributed by atoms with Crippen LogP contribution in [0.15, 0.2) is 0 Å². The first-order valence-corrected chi connectivity index (χ1v) is 8.83. The summed E-state index contributed by atoms with van der Waals surface area (Å²) in [5.74, 6) is 0. The molecule has 0 aliphatic rings. The minimum Gasteiger partial charge on any atom is -0.369 e. The Hall–Kier alpha value is 0.665. The second-order valence-corrected chi connectivity index (χ2v) is 9.12. The van der Waals surface area contributed by atoms with Crippen molar-refractivity contribution in [3.05, 3.63) is 0 Å². The van der Waals surface area contributed by atoms with Gasteiger partial charge in [0.25, 0.3) is 6.72 Å². The number of rotatable bonds is 7. The lowest BCUT2D eigenvalue weighted by atomic mass is 10.3. The van der Waals surface area contributed by atoms with Gasteiger partial charge in [0.1, 0.15) is 11.2 Å². The second-order valence-electron chi connectivity index (χ2n) is 4.71. The average molecular weight is 270 g/mol. The Morgan fingerprint density at radius 2 is 1.25 bits per heavy atom. The molecule has 0 aromatic heterocycles. The minimum absolute atomic E-state index is 0.0672. The fourth-order valence-corrected chi connectivity index (χ4v) is 3.78. The van der Waals surface area contributed by atoms with Crippen molar-refractivity contribution in [2.75, 3.05) is 6.66 Å². The zero-order valence-electron chi connectivity index (χ0n) is 11.4. The van der Waals surface area contributed by atoms with E-state index < -0.39 is 13.6 Å². The van der Waals surface area contributed by atoms with E-state index >= 15 is 0 Å². The summed E-state index contributed by atoms with van der Waals surface area (Å²) in [6.07, 6.45) is 0.208. The van der Waals surface area contributed by atoms with Gasteiger partial charge in [-0.3, -0.25) is 0 Å². The fourth-order valence-electron chi connectivity index (χ4n) is 1.18. The highest BCUT2D eigenvalue weighted by molar-refractivity contribution is 8.16. The molecular formula is C10H24BClO3P+. The molecule has 0 fully saturated rings. The quantitative estimate of drug-likeness (QED) is 0.517. The minimum atomic E-state index is -2.19. The number of hydrogen-bond acceptors (Lipinski definition) is 3. The lowest BCUT2D eigenvalue weighted by Gasteiger charge is -2.23. The summed E-state index contributed by atoms with van der Waals surface area (Å²) in [6, 6.07) is 0. The first kappa shape index (κ1) is 16.7. The van der Waals surface area contributed by atoms with E-state index in [1.54, 1.807) is 0 Å². The van der Waals surface area contributed by atoms with Crippen molar-refractivity contribution in [3.63, 3.8) is 0 Å². The van der Waals surface area contributed by atoms with Crippen LogP contribution in [0.3, 0.4) is 0 Å². The van der Waals surface area contributed by atoms with Gasteiger partial charge >= 0.3 is 6.84 Å². The van der Waals surface area contributed by atoms with E-state index in [1.807, 2.05) is 48.2 Å². The van der Waals surface area contributed by atoms with Gasteiger partial charge in [0.15, 0.2) is 0 Å². The van der Waals surface area contributed by atoms with Gasteiger partial charge in [-0.1, -0.05) is 0 Å². The summed E-state index contributed by atoms with van der Waals surface area (Å²) >= 11 is 6.42. The van der Waals surface area contributed by atoms with Gasteiger partial charge in [0.2, 0.25) is 0 Å². The van der Waals surface area contributed by atoms with E-state index in [1.165, 1.54) is 0 Å². The monoisotopic (exact) mass is 269 g/mol. The summed E-state index contributed by atoms with van der Waals surface area (Å²) in [7, 11) is 0. The standard InChI is InChI=1S/C10H24BClO3P/c1-8(2)13-11(14-9(3)4)16(7,12)15-10(5)6/h8-10H,1-7H3/q+1. The lowest BCUT2D eigenvalue weighted by molar-refractivity contribution is 0.139. The Labute approximate surface area is 105 Å². The van der Waals surface area contributed by atoms with Crippen molar-refractivity contribution < 1.29 is 13.8 Å². The second kappa shape index (κ2) is 7.18. The van der Waals surface area contributed by atoms with Crippen LogP contribution in [0, 0.1) is 0 Å². The molecule has 6 heteroatoms. The van der Waals surface area contributed by atoms with Gasteiger partial charge in [-0.15, -0.1) is 0 Å². The summed E-state index contributed by atoms with van der Waals surface area (Å²) < 4.78 is 17.1. The van der Waals surface area contributed by atoms with Gasteiger partial charge in [0, 0.05) is 12.2 Å². The largest absolute Gasteiger partial charge is 0.719 e. The summed E-state index contributed by atoms with van der Waals surface area (Å²) in [5.41, 5.74) is 0. The molecule has 0 rings (SSSR count). The van der Waals surface area contributed by atoms with Crippen molar-refractivity contribution >= 4 is 24.8 Å². The molecule has 0 bridgehead atoms. The van der Waals surface area contributed by atoms with Crippen LogP contribution in [-0.4, -0.2) is 31.8 Å². The fraction of sp³-hybridized carbons (Fsp3) is 1.00. The van der Waals surface area contributed by atoms with Gasteiger partial charge in [0.05, 0.1) is 12.8 Å². The smallest absolute Gasteiger partial charge is 0.369 e. The maximum absolute atomic E-state index is 6.42. The van der Waals surface area contributed by atoms with E-state index in [0.29, 0.717) is 0 Å². The van der Waals surface area contributed by atoms with Crippen molar-refractivity contribution in [2.45, 2.75) is 59.9 Å². The molecule has 0 aromatic carbocycles. The van der Waals surface area contributed by atoms with Crippen LogP contribution in [0.1, 0.15) is 41.5 Å². The average Bonchev–Trinajstić information content (AvgIpc) is 1.98. The van der Waals surface area contributed by atoms with Crippen LogP contribution in [0.25, 0.3) is 0 Å². The van der Waals surface area contributed by atoms with Crippen LogP contribution in [0.2, 0.25) is 0 Å². The Morgan fingerprint density at radius 1 is 0.875 bits per heavy atom. The zero-order chi connectivity index (χ0) is 12.9. The Morgan fingerprint density at radius 3 is 1.50 bits per heavy atom. The molecule has 96 valence electrons. The van der Waals surface area contributed by atoms with Crippen LogP contribution in [0.4, 0.5) is 0 Å². The van der Waals surface area contributed by atoms with E-state index in [4.69, 9.17) is 25.1 Å². The third-order valence-corrected chi connectivity index (χ3v) is 4.12. The lowest BCUT2D eigenvalue weighted by Crippen LogP contribution is -2.32. The van der Waals surface area contributed by atoms with Gasteiger partial charge < -0.3 is 9.31 Å². The van der Waals surface area contributed by atoms with E-state index in [-0.39, 0.29) is 18.3 Å². The molecule has 0 amide bonds. The summed E-state index contributed by atoms with van der Waals surface area (Å²) in [5, 5.41) is 0. The molecule has 0 aliphatic heterocycles. The molecule has 3 nitrogen and oxygen atoms in total. The summed E-state index contributed by atoms with van der Waals surface area (Å²) in [6.45, 7) is 11.0. The molecule has 0 N–H and O–H groups in total. The number of halogens is 1. The molecule has 0 aliphatic carbocycles. The number of hydrogen-bond donors (Lipinski definition) is 0. The van der Waals surface area contributed by atoms with Crippen LogP contribution < -0.4 is 0 Å². The van der Waals surface area contributed by atoms with Crippen LogP contribution >= 0.6 is 18.0 Å². The van der Waals surface area contributed by atoms with E-state index in [0.717, 1.165) is 0 Å². The molecule has 0 saturated heterocycles. The molecule has 16 heavy (non-hydrogen) atoms. The maximum atomic E-state index is 6.42. The normalized spacial score (nSPS) is 15.9. The summed E-state index contributed by atoms with van der Waals surface area (Å²) in [4.78, 5) is 0. The molecule has 0 saturated carbocycles. The zero-order valence-corrected chi connectivity index (χ0v) is 13.0. The third-order valence-electron chi connectivity index (χ3n) is 1.57. The molecule has 0 radical (unpaired) electrons. The van der Waals surface area contributed by atoms with E-state index in [2.05, 4.69) is 0 Å². The molecule has 0 aromatic rings. The maximum Gasteiger partial charge on any atom is 0.719 e. The van der Waals surface area contributed by atoms with Gasteiger partial charge in [-0.2, -0.15) is 0 Å². The highest BCUT2D eigenvalue weighted by atomic mass is 35.7. The van der Waals surface area contributed by atoms with Gasteiger partial charge in [-0.05, 0) is 41.5 Å². The molecule has 0 spiro atoms. The Bertz CT molecular complexity index is 191. The van der Waals surface area contributed by atoms with Crippen molar-refractivity contribution in [1.82, 2.24) is 0 Å². The van der Waals surface area contributed by atoms with Crippen LogP contribution in [0.5, 0.6) is 0 Å². The van der Waals surface area contributed by atoms with Crippen molar-refractivity contribution in [1.29, 1.82) is 0 Å². The molecule has 1 unspecified atom stereocenters. The third kappa shape index (κ3) is 7.08. The Kier molecular flexibility index (Phi) is 7.48. The topological polar surface area (TPSA) is 27.7 Å². The predicted octanol–water partition coefficient (Wildman–Crippen LogP) is 3.96. The highest BCUT2D eigenvalue weighted by Crippen LogP contribution is 2.65. The molecule has 0 heterocycles.